The molecule has 0 aromatic heterocycles. The molecule has 3 atom stereocenters. The summed E-state index contributed by atoms with van der Waals surface area (Å²) in [6.07, 6.45) is 5.81. The predicted octanol–water partition coefficient (Wildman–Crippen LogP) is 3.09. The molecule has 2 fully saturated rings. The van der Waals surface area contributed by atoms with Crippen molar-refractivity contribution in [1.82, 2.24) is 4.90 Å². The molecule has 1 saturated carbocycles. The van der Waals surface area contributed by atoms with E-state index in [9.17, 15) is 14.7 Å². The number of nitrogens with zero attached hydrogens (tertiary/aromatic N) is 1. The maximum Gasteiger partial charge on any atom is 0.326 e. The van der Waals surface area contributed by atoms with Crippen LogP contribution in [0, 0.1) is 5.92 Å². The topological polar surface area (TPSA) is 66.8 Å². The quantitative estimate of drug-likeness (QED) is 0.814. The summed E-state index contributed by atoms with van der Waals surface area (Å²) in [7, 11) is 0. The minimum atomic E-state index is -0.863. The third-order valence-electron chi connectivity index (χ3n) is 5.21. The normalized spacial score (nSPS) is 26.0. The number of fused-ring (bicyclic) bond motifs is 1. The average molecular weight is 331 g/mol. The molecule has 5 heteroatoms. The molecule has 1 N–H and O–H groups in total. The Morgan fingerprint density at radius 2 is 1.92 bits per heavy atom. The zero-order chi connectivity index (χ0) is 16.9. The number of ether oxygens (including phenoxy) is 1. The first-order valence-electron chi connectivity index (χ1n) is 8.88. The predicted molar refractivity (Wildman–Crippen MR) is 89.8 cm³/mol. The Hall–Kier alpha value is -2.04. The summed E-state index contributed by atoms with van der Waals surface area (Å²) >= 11 is 0. The number of carboxylic acid groups (broad SMARTS) is 1. The van der Waals surface area contributed by atoms with E-state index in [1.807, 2.05) is 30.3 Å². The molecule has 1 aliphatic heterocycles. The van der Waals surface area contributed by atoms with Crippen LogP contribution in [0.25, 0.3) is 0 Å². The Morgan fingerprint density at radius 1 is 1.17 bits per heavy atom. The molecule has 0 radical (unpaired) electrons. The molecule has 130 valence electrons. The number of amides is 1. The number of carbonyl (C=O) groups is 2. The van der Waals surface area contributed by atoms with Gasteiger partial charge in [0.05, 0.1) is 6.61 Å². The first-order valence-corrected chi connectivity index (χ1v) is 8.88. The highest BCUT2D eigenvalue weighted by atomic mass is 16.5. The van der Waals surface area contributed by atoms with Crippen molar-refractivity contribution in [2.45, 2.75) is 57.0 Å². The summed E-state index contributed by atoms with van der Waals surface area (Å²) in [5.41, 5.74) is 0. The van der Waals surface area contributed by atoms with Gasteiger partial charge in [0.15, 0.2) is 0 Å². The Labute approximate surface area is 142 Å². The van der Waals surface area contributed by atoms with E-state index in [0.717, 1.165) is 31.4 Å². The number of para-hydroxylation sites is 1. The zero-order valence-corrected chi connectivity index (χ0v) is 13.9. The van der Waals surface area contributed by atoms with Gasteiger partial charge in [-0.2, -0.15) is 0 Å². The molecule has 1 heterocycles. The maximum absolute atomic E-state index is 12.6. The molecule has 2 aliphatic rings. The lowest BCUT2D eigenvalue weighted by Crippen LogP contribution is -2.46. The monoisotopic (exact) mass is 331 g/mol. The van der Waals surface area contributed by atoms with Crippen LogP contribution in [0.2, 0.25) is 0 Å². The summed E-state index contributed by atoms with van der Waals surface area (Å²) in [6, 6.07) is 9.00. The molecule has 5 nitrogen and oxygen atoms in total. The number of hydrogen-bond acceptors (Lipinski definition) is 3. The lowest BCUT2D eigenvalue weighted by molar-refractivity contribution is -0.150. The molecule has 24 heavy (non-hydrogen) atoms. The van der Waals surface area contributed by atoms with Crippen LogP contribution in [-0.2, 0) is 9.59 Å². The van der Waals surface area contributed by atoms with Gasteiger partial charge in [-0.05, 0) is 43.7 Å². The highest BCUT2D eigenvalue weighted by Gasteiger charge is 2.47. The fraction of sp³-hybridized carbons (Fsp3) is 0.579. The minimum Gasteiger partial charge on any atom is -0.494 e. The number of rotatable bonds is 6. The minimum absolute atomic E-state index is 0.0338. The summed E-state index contributed by atoms with van der Waals surface area (Å²) in [5.74, 6) is 0.262. The fourth-order valence-electron chi connectivity index (χ4n) is 4.10. The van der Waals surface area contributed by atoms with E-state index in [0.29, 0.717) is 31.8 Å². The number of likely N-dealkylation sites (tertiary alicyclic amines) is 1. The average Bonchev–Trinajstić information content (AvgIpc) is 2.99. The van der Waals surface area contributed by atoms with Gasteiger partial charge in [-0.15, -0.1) is 0 Å². The van der Waals surface area contributed by atoms with Crippen molar-refractivity contribution in [3.05, 3.63) is 30.3 Å². The maximum atomic E-state index is 12.6. The van der Waals surface area contributed by atoms with Crippen molar-refractivity contribution in [3.63, 3.8) is 0 Å². The second-order valence-corrected chi connectivity index (χ2v) is 6.77. The second kappa shape index (κ2) is 7.69. The Balaban J connectivity index is 1.53. The van der Waals surface area contributed by atoms with Gasteiger partial charge in [0.25, 0.3) is 0 Å². The molecule has 1 aliphatic carbocycles. The van der Waals surface area contributed by atoms with Gasteiger partial charge in [-0.1, -0.05) is 31.0 Å². The number of hydrogen-bond donors (Lipinski definition) is 1. The van der Waals surface area contributed by atoms with Crippen LogP contribution in [0.3, 0.4) is 0 Å². The van der Waals surface area contributed by atoms with Crippen molar-refractivity contribution >= 4 is 11.9 Å². The molecule has 1 aromatic rings. The summed E-state index contributed by atoms with van der Waals surface area (Å²) in [5, 5.41) is 9.48. The molecule has 3 rings (SSSR count). The second-order valence-electron chi connectivity index (χ2n) is 6.77. The third kappa shape index (κ3) is 3.71. The van der Waals surface area contributed by atoms with Gasteiger partial charge < -0.3 is 14.7 Å². The summed E-state index contributed by atoms with van der Waals surface area (Å²) in [4.78, 5) is 25.9. The lowest BCUT2D eigenvalue weighted by atomic mass is 9.84. The van der Waals surface area contributed by atoms with Gasteiger partial charge in [-0.3, -0.25) is 4.79 Å². The van der Waals surface area contributed by atoms with Crippen molar-refractivity contribution in [1.29, 1.82) is 0 Å². The van der Waals surface area contributed by atoms with E-state index in [1.54, 1.807) is 4.90 Å². The van der Waals surface area contributed by atoms with Gasteiger partial charge in [0, 0.05) is 12.5 Å². The number of benzene rings is 1. The zero-order valence-electron chi connectivity index (χ0n) is 13.9. The van der Waals surface area contributed by atoms with Crippen LogP contribution in [-0.4, -0.2) is 40.6 Å². The summed E-state index contributed by atoms with van der Waals surface area (Å²) in [6.45, 7) is 0.468. The van der Waals surface area contributed by atoms with Crippen molar-refractivity contribution in [3.8, 4) is 5.75 Å². The van der Waals surface area contributed by atoms with Crippen LogP contribution in [0.5, 0.6) is 5.75 Å². The SMILES string of the molecule is O=C(O)C1CC2CCCCC2N1C(=O)CCCOc1ccccc1. The number of aliphatic carboxylic acids is 1. The van der Waals surface area contributed by atoms with Crippen LogP contribution in [0.4, 0.5) is 0 Å². The molecule has 0 bridgehead atoms. The van der Waals surface area contributed by atoms with E-state index >= 15 is 0 Å². The van der Waals surface area contributed by atoms with Gasteiger partial charge in [-0.25, -0.2) is 4.79 Å². The lowest BCUT2D eigenvalue weighted by Gasteiger charge is -2.33. The molecule has 1 aromatic carbocycles. The van der Waals surface area contributed by atoms with Crippen molar-refractivity contribution in [2.75, 3.05) is 6.61 Å². The Kier molecular flexibility index (Phi) is 5.38. The molecule has 0 spiro atoms. The van der Waals surface area contributed by atoms with Crippen LogP contribution < -0.4 is 4.74 Å². The Bertz CT molecular complexity index is 574. The first-order chi connectivity index (χ1) is 11.7. The van der Waals surface area contributed by atoms with Crippen LogP contribution in [0.15, 0.2) is 30.3 Å². The highest BCUT2D eigenvalue weighted by molar-refractivity contribution is 5.84. The van der Waals surface area contributed by atoms with E-state index in [-0.39, 0.29) is 11.9 Å². The molecular weight excluding hydrogens is 306 g/mol. The van der Waals surface area contributed by atoms with Crippen molar-refractivity contribution in [2.24, 2.45) is 5.92 Å². The van der Waals surface area contributed by atoms with Crippen LogP contribution >= 0.6 is 0 Å². The van der Waals surface area contributed by atoms with Gasteiger partial charge >= 0.3 is 5.97 Å². The molecular formula is C19H25NO4. The van der Waals surface area contributed by atoms with Crippen LogP contribution in [0.1, 0.15) is 44.9 Å². The molecule has 1 saturated heterocycles. The Morgan fingerprint density at radius 3 is 2.67 bits per heavy atom. The standard InChI is InChI=1S/C19H25NO4/c21-18(11-6-12-24-15-8-2-1-3-9-15)20-16-10-5-4-7-14(16)13-17(20)19(22)23/h1-3,8-9,14,16-17H,4-7,10-13H2,(H,22,23). The smallest absolute Gasteiger partial charge is 0.326 e. The fourth-order valence-corrected chi connectivity index (χ4v) is 4.10. The first kappa shape index (κ1) is 16.8. The van der Waals surface area contributed by atoms with E-state index in [2.05, 4.69) is 0 Å². The largest absolute Gasteiger partial charge is 0.494 e. The molecule has 1 amide bonds. The number of carboxylic acids is 1. The van der Waals surface area contributed by atoms with Gasteiger partial charge in [0.2, 0.25) is 5.91 Å². The molecule has 3 unspecified atom stereocenters. The van der Waals surface area contributed by atoms with Crippen molar-refractivity contribution < 1.29 is 19.4 Å². The van der Waals surface area contributed by atoms with E-state index in [1.165, 1.54) is 0 Å². The van der Waals surface area contributed by atoms with E-state index < -0.39 is 12.0 Å². The number of carbonyl (C=O) groups excluding carboxylic acids is 1. The third-order valence-corrected chi connectivity index (χ3v) is 5.21. The highest BCUT2D eigenvalue weighted by Crippen LogP contribution is 2.40. The summed E-state index contributed by atoms with van der Waals surface area (Å²) < 4.78 is 5.61. The van der Waals surface area contributed by atoms with E-state index in [4.69, 9.17) is 4.74 Å². The van der Waals surface area contributed by atoms with Gasteiger partial charge in [0.1, 0.15) is 11.8 Å².